The predicted molar refractivity (Wildman–Crippen MR) is 63.7 cm³/mol. The fourth-order valence-corrected chi connectivity index (χ4v) is 2.76. The zero-order valence-corrected chi connectivity index (χ0v) is 10.1. The van der Waals surface area contributed by atoms with Crippen LogP contribution >= 0.6 is 34.5 Å². The van der Waals surface area contributed by atoms with Gasteiger partial charge < -0.3 is 10.2 Å². The van der Waals surface area contributed by atoms with Crippen molar-refractivity contribution in [1.82, 2.24) is 0 Å². The molecule has 1 atom stereocenters. The molecule has 80 valence electrons. The van der Waals surface area contributed by atoms with Crippen molar-refractivity contribution in [2.45, 2.75) is 12.5 Å². The average Bonchev–Trinajstić information content (AvgIpc) is 2.75. The summed E-state index contributed by atoms with van der Waals surface area (Å²) >= 11 is 13.2. The van der Waals surface area contributed by atoms with Gasteiger partial charge in [0, 0.05) is 22.9 Å². The number of nitrogens with two attached hydrogens (primary N) is 1. The lowest BCUT2D eigenvalue weighted by atomic mass is 10.1. The zero-order chi connectivity index (χ0) is 10.8. The van der Waals surface area contributed by atoms with Crippen molar-refractivity contribution in [2.24, 2.45) is 5.73 Å². The van der Waals surface area contributed by atoms with Gasteiger partial charge in [-0.2, -0.15) is 0 Å². The summed E-state index contributed by atoms with van der Waals surface area (Å²) in [6.07, 6.45) is 2.26. The second-order valence-corrected chi connectivity index (χ2v) is 5.31. The molecule has 1 unspecified atom stereocenters. The molecule has 2 heterocycles. The van der Waals surface area contributed by atoms with Gasteiger partial charge in [0.25, 0.3) is 0 Å². The highest BCUT2D eigenvalue weighted by Gasteiger charge is 2.14. The molecule has 0 aliphatic carbocycles. The molecule has 0 saturated carbocycles. The number of hydrogen-bond acceptors (Lipinski definition) is 3. The highest BCUT2D eigenvalue weighted by molar-refractivity contribution is 7.16. The molecular formula is C10H9Cl2NOS. The Morgan fingerprint density at radius 2 is 2.13 bits per heavy atom. The number of thiophene rings is 1. The maximum Gasteiger partial charge on any atom is 0.197 e. The van der Waals surface area contributed by atoms with Gasteiger partial charge >= 0.3 is 0 Å². The summed E-state index contributed by atoms with van der Waals surface area (Å²) < 4.78 is 5.76. The third-order valence-corrected chi connectivity index (χ3v) is 3.66. The Labute approximate surface area is 102 Å². The lowest BCUT2D eigenvalue weighted by molar-refractivity contribution is 0.561. The molecule has 5 heteroatoms. The summed E-state index contributed by atoms with van der Waals surface area (Å²) in [4.78, 5) is 1.14. The summed E-state index contributed by atoms with van der Waals surface area (Å²) in [7, 11) is 0. The maximum absolute atomic E-state index is 6.00. The van der Waals surface area contributed by atoms with Crippen LogP contribution in [-0.4, -0.2) is 0 Å². The minimum atomic E-state index is -0.147. The Hall–Kier alpha value is -0.480. The van der Waals surface area contributed by atoms with E-state index < -0.39 is 0 Å². The van der Waals surface area contributed by atoms with Gasteiger partial charge in [-0.25, -0.2) is 0 Å². The quantitative estimate of drug-likeness (QED) is 0.911. The molecule has 2 aromatic heterocycles. The van der Waals surface area contributed by atoms with Crippen LogP contribution in [-0.2, 0) is 6.42 Å². The fourth-order valence-electron chi connectivity index (χ4n) is 1.36. The first kappa shape index (κ1) is 11.0. The van der Waals surface area contributed by atoms with E-state index in [1.54, 1.807) is 12.3 Å². The molecule has 0 fully saturated rings. The second-order valence-electron chi connectivity index (χ2n) is 3.17. The van der Waals surface area contributed by atoms with Crippen LogP contribution in [0, 0.1) is 0 Å². The lowest BCUT2D eigenvalue weighted by Crippen LogP contribution is -2.12. The largest absolute Gasteiger partial charge is 0.453 e. The molecular weight excluding hydrogens is 253 g/mol. The first-order chi connectivity index (χ1) is 7.16. The van der Waals surface area contributed by atoms with E-state index in [1.165, 1.54) is 11.3 Å². The molecule has 0 spiro atoms. The number of furan rings is 1. The lowest BCUT2D eigenvalue weighted by Gasteiger charge is -2.07. The van der Waals surface area contributed by atoms with Gasteiger partial charge in [-0.3, -0.25) is 0 Å². The van der Waals surface area contributed by atoms with Gasteiger partial charge in [-0.05, 0) is 29.8 Å². The molecule has 0 aliphatic heterocycles. The summed E-state index contributed by atoms with van der Waals surface area (Å²) in [6, 6.07) is 5.49. The molecule has 0 aromatic carbocycles. The van der Waals surface area contributed by atoms with Gasteiger partial charge in [-0.1, -0.05) is 11.6 Å². The van der Waals surface area contributed by atoms with E-state index in [4.69, 9.17) is 33.4 Å². The van der Waals surface area contributed by atoms with E-state index in [1.807, 2.05) is 12.1 Å². The van der Waals surface area contributed by atoms with Crippen LogP contribution in [0.1, 0.15) is 16.5 Å². The van der Waals surface area contributed by atoms with Crippen molar-refractivity contribution >= 4 is 34.5 Å². The van der Waals surface area contributed by atoms with Crippen LogP contribution in [0.3, 0.4) is 0 Å². The first-order valence-electron chi connectivity index (χ1n) is 4.39. The zero-order valence-electron chi connectivity index (χ0n) is 7.74. The van der Waals surface area contributed by atoms with E-state index >= 15 is 0 Å². The number of halogens is 2. The van der Waals surface area contributed by atoms with Crippen molar-refractivity contribution in [3.8, 4) is 0 Å². The Morgan fingerprint density at radius 3 is 2.67 bits per heavy atom. The van der Waals surface area contributed by atoms with Crippen molar-refractivity contribution < 1.29 is 4.42 Å². The third-order valence-electron chi connectivity index (χ3n) is 2.10. The van der Waals surface area contributed by atoms with E-state index in [0.717, 1.165) is 21.2 Å². The fraction of sp³-hybridized carbons (Fsp3) is 0.200. The molecule has 15 heavy (non-hydrogen) atoms. The van der Waals surface area contributed by atoms with E-state index in [0.29, 0.717) is 5.22 Å². The van der Waals surface area contributed by atoms with Crippen LogP contribution in [0.15, 0.2) is 28.9 Å². The standard InChI is InChI=1S/C10H9Cl2NOS/c11-9-2-1-6(15-9)5-8(13)7-3-4-14-10(7)12/h1-4,8H,5,13H2. The Bertz CT molecular complexity index is 452. The first-order valence-corrected chi connectivity index (χ1v) is 5.96. The Balaban J connectivity index is 2.10. The SMILES string of the molecule is NC(Cc1ccc(Cl)s1)c1ccoc1Cl. The molecule has 2 rings (SSSR count). The van der Waals surface area contributed by atoms with Crippen LogP contribution < -0.4 is 5.73 Å². The topological polar surface area (TPSA) is 39.2 Å². The normalized spacial score (nSPS) is 13.0. The van der Waals surface area contributed by atoms with E-state index in [-0.39, 0.29) is 6.04 Å². The molecule has 2 N–H and O–H groups in total. The summed E-state index contributed by atoms with van der Waals surface area (Å²) in [6.45, 7) is 0. The van der Waals surface area contributed by atoms with E-state index in [2.05, 4.69) is 0 Å². The van der Waals surface area contributed by atoms with Gasteiger partial charge in [0.15, 0.2) is 5.22 Å². The molecule has 2 nitrogen and oxygen atoms in total. The van der Waals surface area contributed by atoms with Crippen LogP contribution in [0.4, 0.5) is 0 Å². The third kappa shape index (κ3) is 2.55. The summed E-state index contributed by atoms with van der Waals surface area (Å²) in [5.74, 6) is 0. The van der Waals surface area contributed by atoms with Gasteiger partial charge in [0.05, 0.1) is 10.6 Å². The van der Waals surface area contributed by atoms with Crippen molar-refractivity contribution in [2.75, 3.05) is 0 Å². The average molecular weight is 262 g/mol. The smallest absolute Gasteiger partial charge is 0.197 e. The molecule has 2 aromatic rings. The monoisotopic (exact) mass is 261 g/mol. The van der Waals surface area contributed by atoms with Crippen LogP contribution in [0.2, 0.25) is 9.56 Å². The minimum Gasteiger partial charge on any atom is -0.453 e. The Kier molecular flexibility index (Phi) is 3.36. The molecule has 0 saturated heterocycles. The summed E-state index contributed by atoms with van der Waals surface area (Å²) in [5.41, 5.74) is 6.84. The summed E-state index contributed by atoms with van der Waals surface area (Å²) in [5, 5.41) is 0.366. The van der Waals surface area contributed by atoms with Crippen LogP contribution in [0.5, 0.6) is 0 Å². The van der Waals surface area contributed by atoms with E-state index in [9.17, 15) is 0 Å². The molecule has 0 bridgehead atoms. The Morgan fingerprint density at radius 1 is 1.33 bits per heavy atom. The van der Waals surface area contributed by atoms with Crippen molar-refractivity contribution in [3.05, 3.63) is 44.5 Å². The van der Waals surface area contributed by atoms with Crippen LogP contribution in [0.25, 0.3) is 0 Å². The van der Waals surface area contributed by atoms with Crippen molar-refractivity contribution in [1.29, 1.82) is 0 Å². The van der Waals surface area contributed by atoms with Gasteiger partial charge in [-0.15, -0.1) is 11.3 Å². The minimum absolute atomic E-state index is 0.147. The highest BCUT2D eigenvalue weighted by Crippen LogP contribution is 2.28. The molecule has 0 amide bonds. The second kappa shape index (κ2) is 4.58. The predicted octanol–water partition coefficient (Wildman–Crippen LogP) is 3.89. The molecule has 0 aliphatic rings. The highest BCUT2D eigenvalue weighted by atomic mass is 35.5. The van der Waals surface area contributed by atoms with Crippen molar-refractivity contribution in [3.63, 3.8) is 0 Å². The number of rotatable bonds is 3. The number of hydrogen-bond donors (Lipinski definition) is 1. The van der Waals surface area contributed by atoms with Gasteiger partial charge in [0.1, 0.15) is 0 Å². The molecule has 0 radical (unpaired) electrons. The van der Waals surface area contributed by atoms with Gasteiger partial charge in [0.2, 0.25) is 0 Å². The maximum atomic E-state index is 6.00.